The normalized spacial score (nSPS) is 10.9. The Hall–Kier alpha value is -3.48. The molecule has 7 heteroatoms. The van der Waals surface area contributed by atoms with Gasteiger partial charge in [0, 0.05) is 5.56 Å². The van der Waals surface area contributed by atoms with Gasteiger partial charge in [-0.25, -0.2) is 4.79 Å². The van der Waals surface area contributed by atoms with Crippen LogP contribution in [0.2, 0.25) is 0 Å². The van der Waals surface area contributed by atoms with Crippen LogP contribution < -0.4 is 10.1 Å². The van der Waals surface area contributed by atoms with Crippen LogP contribution in [0, 0.1) is 0 Å². The molecule has 1 amide bonds. The molecule has 0 unspecified atom stereocenters. The Balaban J connectivity index is 2.31. The van der Waals surface area contributed by atoms with Gasteiger partial charge in [0.05, 0.1) is 14.2 Å². The molecule has 0 atom stereocenters. The van der Waals surface area contributed by atoms with Gasteiger partial charge in [0.2, 0.25) is 0 Å². The molecular formula is C18H17NO6. The largest absolute Gasteiger partial charge is 0.504 e. The van der Waals surface area contributed by atoms with E-state index in [1.54, 1.807) is 18.2 Å². The lowest BCUT2D eigenvalue weighted by molar-refractivity contribution is -0.136. The molecule has 0 bridgehead atoms. The van der Waals surface area contributed by atoms with Crippen molar-refractivity contribution in [2.75, 3.05) is 14.2 Å². The fourth-order valence-corrected chi connectivity index (χ4v) is 2.01. The summed E-state index contributed by atoms with van der Waals surface area (Å²) < 4.78 is 9.72. The van der Waals surface area contributed by atoms with Gasteiger partial charge in [-0.2, -0.15) is 0 Å². The molecule has 0 heterocycles. The second-order valence-corrected chi connectivity index (χ2v) is 4.98. The Morgan fingerprint density at radius 3 is 2.44 bits per heavy atom. The van der Waals surface area contributed by atoms with E-state index in [2.05, 4.69) is 10.1 Å². The molecule has 0 aliphatic heterocycles. The van der Waals surface area contributed by atoms with E-state index in [1.807, 2.05) is 0 Å². The smallest absolute Gasteiger partial charge is 0.354 e. The van der Waals surface area contributed by atoms with Gasteiger partial charge in [0.1, 0.15) is 11.4 Å². The minimum Gasteiger partial charge on any atom is -0.504 e. The van der Waals surface area contributed by atoms with Crippen LogP contribution in [0.1, 0.15) is 15.9 Å². The van der Waals surface area contributed by atoms with Gasteiger partial charge in [-0.15, -0.1) is 0 Å². The van der Waals surface area contributed by atoms with E-state index in [-0.39, 0.29) is 17.2 Å². The number of hydrogen-bond donors (Lipinski definition) is 3. The molecule has 2 aromatic rings. The highest BCUT2D eigenvalue weighted by Crippen LogP contribution is 2.26. The molecule has 0 saturated heterocycles. The van der Waals surface area contributed by atoms with Gasteiger partial charge < -0.3 is 25.0 Å². The van der Waals surface area contributed by atoms with Crippen LogP contribution >= 0.6 is 0 Å². The minimum atomic E-state index is -0.760. The third kappa shape index (κ3) is 4.51. The van der Waals surface area contributed by atoms with Crippen LogP contribution in [-0.4, -0.2) is 36.3 Å². The molecule has 0 fully saturated rings. The summed E-state index contributed by atoms with van der Waals surface area (Å²) in [6.07, 6.45) is 1.32. The third-order valence-electron chi connectivity index (χ3n) is 3.30. The van der Waals surface area contributed by atoms with E-state index >= 15 is 0 Å². The number of ether oxygens (including phenoxy) is 2. The maximum Gasteiger partial charge on any atom is 0.354 e. The van der Waals surface area contributed by atoms with Crippen molar-refractivity contribution in [3.63, 3.8) is 0 Å². The molecule has 0 aliphatic rings. The summed E-state index contributed by atoms with van der Waals surface area (Å²) in [6.45, 7) is 0. The van der Waals surface area contributed by atoms with Crippen LogP contribution in [0.5, 0.6) is 17.2 Å². The van der Waals surface area contributed by atoms with Crippen molar-refractivity contribution >= 4 is 18.0 Å². The maximum atomic E-state index is 12.4. The average Bonchev–Trinajstić information content (AvgIpc) is 2.63. The van der Waals surface area contributed by atoms with Crippen molar-refractivity contribution in [3.05, 3.63) is 59.3 Å². The Labute approximate surface area is 144 Å². The van der Waals surface area contributed by atoms with Crippen molar-refractivity contribution in [2.45, 2.75) is 0 Å². The molecule has 0 aliphatic carbocycles. The summed E-state index contributed by atoms with van der Waals surface area (Å²) >= 11 is 0. The van der Waals surface area contributed by atoms with E-state index in [1.165, 1.54) is 44.6 Å². The zero-order chi connectivity index (χ0) is 18.4. The highest BCUT2D eigenvalue weighted by atomic mass is 16.5. The molecule has 0 aromatic heterocycles. The van der Waals surface area contributed by atoms with Gasteiger partial charge >= 0.3 is 5.97 Å². The number of aromatic hydroxyl groups is 2. The molecule has 7 nitrogen and oxygen atoms in total. The quantitative estimate of drug-likeness (QED) is 0.436. The number of methoxy groups -OCH3 is 2. The van der Waals surface area contributed by atoms with E-state index in [0.717, 1.165) is 0 Å². The minimum absolute atomic E-state index is 0.125. The van der Waals surface area contributed by atoms with E-state index in [9.17, 15) is 19.8 Å². The zero-order valence-electron chi connectivity index (χ0n) is 13.6. The van der Waals surface area contributed by atoms with Crippen LogP contribution in [0.4, 0.5) is 0 Å². The van der Waals surface area contributed by atoms with E-state index in [4.69, 9.17) is 4.74 Å². The standard InChI is InChI=1S/C18H17NO6/c1-24-13-5-3-4-12(10-13)17(22)19-14(18(23)25-2)8-11-6-7-15(20)16(21)9-11/h3-10,20-21H,1-2H3,(H,19,22). The topological polar surface area (TPSA) is 105 Å². The van der Waals surface area contributed by atoms with E-state index < -0.39 is 11.9 Å². The van der Waals surface area contributed by atoms with Gasteiger partial charge in [-0.1, -0.05) is 12.1 Å². The van der Waals surface area contributed by atoms with Crippen molar-refractivity contribution in [1.29, 1.82) is 0 Å². The van der Waals surface area contributed by atoms with Crippen LogP contribution in [0.25, 0.3) is 6.08 Å². The lowest BCUT2D eigenvalue weighted by Gasteiger charge is -2.09. The first kappa shape index (κ1) is 17.9. The number of carbonyl (C=O) groups is 2. The lowest BCUT2D eigenvalue weighted by Crippen LogP contribution is -2.28. The van der Waals surface area contributed by atoms with Crippen LogP contribution in [0.3, 0.4) is 0 Å². The second kappa shape index (κ2) is 7.87. The summed E-state index contributed by atoms with van der Waals surface area (Å²) in [5.74, 6) is -1.43. The van der Waals surface area contributed by atoms with Crippen molar-refractivity contribution in [1.82, 2.24) is 5.32 Å². The fraction of sp³-hybridized carbons (Fsp3) is 0.111. The lowest BCUT2D eigenvalue weighted by atomic mass is 10.1. The van der Waals surface area contributed by atoms with Gasteiger partial charge in [-0.05, 0) is 42.0 Å². The highest BCUT2D eigenvalue weighted by Gasteiger charge is 2.15. The summed E-state index contributed by atoms with van der Waals surface area (Å²) in [7, 11) is 2.66. The number of rotatable bonds is 5. The third-order valence-corrected chi connectivity index (χ3v) is 3.30. The monoisotopic (exact) mass is 343 g/mol. The zero-order valence-corrected chi connectivity index (χ0v) is 13.6. The first-order valence-corrected chi connectivity index (χ1v) is 7.22. The Morgan fingerprint density at radius 2 is 1.80 bits per heavy atom. The number of amides is 1. The second-order valence-electron chi connectivity index (χ2n) is 4.98. The predicted molar refractivity (Wildman–Crippen MR) is 90.2 cm³/mol. The SMILES string of the molecule is COC(=O)C(=Cc1ccc(O)c(O)c1)NC(=O)c1cccc(OC)c1. The van der Waals surface area contributed by atoms with Crippen molar-refractivity contribution in [3.8, 4) is 17.2 Å². The molecule has 25 heavy (non-hydrogen) atoms. The number of phenols is 2. The average molecular weight is 343 g/mol. The maximum absolute atomic E-state index is 12.4. The number of esters is 1. The number of carbonyl (C=O) groups excluding carboxylic acids is 2. The van der Waals surface area contributed by atoms with Gasteiger partial charge in [0.25, 0.3) is 5.91 Å². The number of hydrogen-bond acceptors (Lipinski definition) is 6. The van der Waals surface area contributed by atoms with Crippen LogP contribution in [0.15, 0.2) is 48.2 Å². The predicted octanol–water partition coefficient (Wildman–Crippen LogP) is 2.05. The Kier molecular flexibility index (Phi) is 5.62. The highest BCUT2D eigenvalue weighted by molar-refractivity contribution is 6.03. The molecule has 0 radical (unpaired) electrons. The molecule has 2 rings (SSSR count). The molecule has 0 saturated carbocycles. The first-order chi connectivity index (χ1) is 11.9. The fourth-order valence-electron chi connectivity index (χ4n) is 2.01. The van der Waals surface area contributed by atoms with Crippen molar-refractivity contribution < 1.29 is 29.3 Å². The Morgan fingerprint density at radius 1 is 1.04 bits per heavy atom. The molecular weight excluding hydrogens is 326 g/mol. The van der Waals surface area contributed by atoms with Crippen LogP contribution in [-0.2, 0) is 9.53 Å². The summed E-state index contributed by atoms with van der Waals surface area (Å²) in [5.41, 5.74) is 0.560. The first-order valence-electron chi connectivity index (χ1n) is 7.22. The van der Waals surface area contributed by atoms with Gasteiger partial charge in [0.15, 0.2) is 11.5 Å². The molecule has 130 valence electrons. The number of phenolic OH excluding ortho intramolecular Hbond substituents is 2. The number of benzene rings is 2. The summed E-state index contributed by atoms with van der Waals surface area (Å²) in [4.78, 5) is 24.3. The summed E-state index contributed by atoms with van der Waals surface area (Å²) in [5, 5.41) is 21.3. The molecule has 0 spiro atoms. The van der Waals surface area contributed by atoms with Gasteiger partial charge in [-0.3, -0.25) is 4.79 Å². The Bertz CT molecular complexity index is 828. The summed E-state index contributed by atoms with van der Waals surface area (Å²) in [6, 6.07) is 10.4. The molecule has 2 aromatic carbocycles. The van der Waals surface area contributed by atoms with Crippen molar-refractivity contribution in [2.24, 2.45) is 0 Å². The number of nitrogens with one attached hydrogen (secondary N) is 1. The molecule has 3 N–H and O–H groups in total. The van der Waals surface area contributed by atoms with E-state index in [0.29, 0.717) is 16.9 Å².